The number of rotatable bonds is 5. The van der Waals surface area contributed by atoms with Gasteiger partial charge < -0.3 is 14.8 Å². The molecule has 1 aliphatic heterocycles. The van der Waals surface area contributed by atoms with Gasteiger partial charge in [-0.3, -0.25) is 14.6 Å². The number of methoxy groups -OCH3 is 1. The lowest BCUT2D eigenvalue weighted by Crippen LogP contribution is -2.20. The molecule has 9 heteroatoms. The zero-order valence-electron chi connectivity index (χ0n) is 15.9. The van der Waals surface area contributed by atoms with E-state index < -0.39 is 5.97 Å². The van der Waals surface area contributed by atoms with Gasteiger partial charge in [0.2, 0.25) is 0 Å². The van der Waals surface area contributed by atoms with Crippen LogP contribution in [-0.4, -0.2) is 52.2 Å². The highest BCUT2D eigenvalue weighted by Gasteiger charge is 2.24. The quantitative estimate of drug-likeness (QED) is 0.643. The van der Waals surface area contributed by atoms with Gasteiger partial charge in [0.05, 0.1) is 25.0 Å². The first-order valence-electron chi connectivity index (χ1n) is 9.31. The van der Waals surface area contributed by atoms with Gasteiger partial charge >= 0.3 is 5.97 Å². The molecule has 4 rings (SSSR count). The number of ether oxygens (including phenoxy) is 2. The highest BCUT2D eigenvalue weighted by molar-refractivity contribution is 6.07. The molecule has 0 saturated carbocycles. The molecular formula is C20H21N5O4. The van der Waals surface area contributed by atoms with E-state index in [1.54, 1.807) is 41.5 Å². The van der Waals surface area contributed by atoms with Crippen LogP contribution < -0.4 is 5.32 Å². The predicted molar refractivity (Wildman–Crippen MR) is 105 cm³/mol. The highest BCUT2D eigenvalue weighted by atomic mass is 16.5. The Morgan fingerprint density at radius 1 is 1.28 bits per heavy atom. The van der Waals surface area contributed by atoms with Gasteiger partial charge in [0.15, 0.2) is 5.69 Å². The molecule has 0 unspecified atom stereocenters. The Morgan fingerprint density at radius 3 is 2.83 bits per heavy atom. The van der Waals surface area contributed by atoms with Crippen LogP contribution in [0.4, 0.5) is 5.69 Å². The third kappa shape index (κ3) is 4.04. The number of hydrogen-bond donors (Lipinski definition) is 2. The lowest BCUT2D eigenvalue weighted by Gasteiger charge is -2.22. The lowest BCUT2D eigenvalue weighted by molar-refractivity contribution is 0.0583. The molecule has 2 aromatic heterocycles. The summed E-state index contributed by atoms with van der Waals surface area (Å²) >= 11 is 0. The van der Waals surface area contributed by atoms with Gasteiger partial charge in [0.1, 0.15) is 0 Å². The van der Waals surface area contributed by atoms with E-state index in [1.807, 2.05) is 6.07 Å². The van der Waals surface area contributed by atoms with Crippen molar-refractivity contribution in [3.63, 3.8) is 0 Å². The molecule has 2 N–H and O–H groups in total. The Bertz CT molecular complexity index is 1010. The second-order valence-corrected chi connectivity index (χ2v) is 6.73. The average molecular weight is 395 g/mol. The smallest absolute Gasteiger partial charge is 0.360 e. The monoisotopic (exact) mass is 395 g/mol. The number of nitrogens with one attached hydrogen (secondary N) is 2. The van der Waals surface area contributed by atoms with Crippen molar-refractivity contribution in [1.82, 2.24) is 20.0 Å². The number of hydrogen-bond acceptors (Lipinski definition) is 6. The molecule has 3 heterocycles. The zero-order valence-corrected chi connectivity index (χ0v) is 15.9. The van der Waals surface area contributed by atoms with Crippen LogP contribution in [0.1, 0.15) is 39.7 Å². The maximum absolute atomic E-state index is 12.8. The fourth-order valence-electron chi connectivity index (χ4n) is 3.31. The highest BCUT2D eigenvalue weighted by Crippen LogP contribution is 2.25. The molecule has 150 valence electrons. The average Bonchev–Trinajstić information content (AvgIpc) is 3.44. The normalized spacial score (nSPS) is 14.5. The molecule has 3 aromatic rings. The Labute approximate surface area is 167 Å². The zero-order chi connectivity index (χ0) is 20.2. The minimum Gasteiger partial charge on any atom is -0.464 e. The lowest BCUT2D eigenvalue weighted by atomic mass is 10.1. The summed E-state index contributed by atoms with van der Waals surface area (Å²) in [5, 5.41) is 13.9. The molecule has 1 aliphatic rings. The van der Waals surface area contributed by atoms with Gasteiger partial charge in [-0.2, -0.15) is 10.2 Å². The van der Waals surface area contributed by atoms with Crippen LogP contribution in [-0.2, 0) is 9.47 Å². The number of carbonyl (C=O) groups excluding carboxylic acids is 2. The molecule has 0 atom stereocenters. The van der Waals surface area contributed by atoms with Crippen LogP contribution in [0.3, 0.4) is 0 Å². The topological polar surface area (TPSA) is 111 Å². The number of aromatic nitrogens is 4. The molecule has 0 radical (unpaired) electrons. The third-order valence-corrected chi connectivity index (χ3v) is 4.88. The fraction of sp³-hybridized carbons (Fsp3) is 0.300. The van der Waals surface area contributed by atoms with Crippen molar-refractivity contribution in [3.8, 4) is 11.1 Å². The second-order valence-electron chi connectivity index (χ2n) is 6.73. The Morgan fingerprint density at radius 2 is 2.10 bits per heavy atom. The van der Waals surface area contributed by atoms with Crippen LogP contribution in [0.25, 0.3) is 11.1 Å². The van der Waals surface area contributed by atoms with Crippen molar-refractivity contribution in [1.29, 1.82) is 0 Å². The van der Waals surface area contributed by atoms with Gasteiger partial charge in [-0.1, -0.05) is 12.1 Å². The summed E-state index contributed by atoms with van der Waals surface area (Å²) in [6, 6.07) is 7.28. The summed E-state index contributed by atoms with van der Waals surface area (Å²) in [7, 11) is 1.29. The van der Waals surface area contributed by atoms with Crippen molar-refractivity contribution in [2.75, 3.05) is 25.6 Å². The largest absolute Gasteiger partial charge is 0.464 e. The van der Waals surface area contributed by atoms with Crippen LogP contribution in [0.2, 0.25) is 0 Å². The molecule has 1 fully saturated rings. The Kier molecular flexibility index (Phi) is 5.39. The van der Waals surface area contributed by atoms with E-state index in [0.717, 1.165) is 24.0 Å². The summed E-state index contributed by atoms with van der Waals surface area (Å²) in [5.74, 6) is -0.940. The first kappa shape index (κ1) is 18.9. The number of H-pyrrole nitrogens is 1. The van der Waals surface area contributed by atoms with Gasteiger partial charge in [0, 0.05) is 36.7 Å². The molecule has 0 spiro atoms. The van der Waals surface area contributed by atoms with Crippen LogP contribution in [0, 0.1) is 0 Å². The van der Waals surface area contributed by atoms with Gasteiger partial charge in [0.25, 0.3) is 5.91 Å². The summed E-state index contributed by atoms with van der Waals surface area (Å²) in [4.78, 5) is 25.0. The van der Waals surface area contributed by atoms with Crippen molar-refractivity contribution in [2.24, 2.45) is 0 Å². The van der Waals surface area contributed by atoms with Crippen molar-refractivity contribution >= 4 is 17.6 Å². The Hall–Kier alpha value is -3.46. The van der Waals surface area contributed by atoms with E-state index in [9.17, 15) is 9.59 Å². The number of amides is 1. The number of anilines is 1. The van der Waals surface area contributed by atoms with Crippen LogP contribution in [0.5, 0.6) is 0 Å². The summed E-state index contributed by atoms with van der Waals surface area (Å²) in [6.45, 7) is 1.28. The van der Waals surface area contributed by atoms with Gasteiger partial charge in [-0.15, -0.1) is 0 Å². The summed E-state index contributed by atoms with van der Waals surface area (Å²) in [5.41, 5.74) is 2.60. The number of benzene rings is 1. The summed E-state index contributed by atoms with van der Waals surface area (Å²) < 4.78 is 11.9. The number of carbonyl (C=O) groups is 2. The SMILES string of the molecule is COC(=O)c1nn(C2CCOCC2)cc1NC(=O)c1cccc(-c2cn[nH]c2)c1. The van der Waals surface area contributed by atoms with E-state index in [0.29, 0.717) is 24.5 Å². The molecule has 0 aliphatic carbocycles. The maximum atomic E-state index is 12.8. The first-order chi connectivity index (χ1) is 14.2. The van der Waals surface area contributed by atoms with E-state index >= 15 is 0 Å². The number of esters is 1. The summed E-state index contributed by atoms with van der Waals surface area (Å²) in [6.07, 6.45) is 6.71. The molecule has 1 saturated heterocycles. The molecule has 0 bridgehead atoms. The van der Waals surface area contributed by atoms with Gasteiger partial charge in [-0.25, -0.2) is 4.79 Å². The molecule has 9 nitrogen and oxygen atoms in total. The molecular weight excluding hydrogens is 374 g/mol. The van der Waals surface area contributed by atoms with Gasteiger partial charge in [-0.05, 0) is 30.5 Å². The molecule has 1 amide bonds. The minimum absolute atomic E-state index is 0.0818. The van der Waals surface area contributed by atoms with E-state index in [1.165, 1.54) is 7.11 Å². The van der Waals surface area contributed by atoms with E-state index in [4.69, 9.17) is 9.47 Å². The van der Waals surface area contributed by atoms with Crippen molar-refractivity contribution in [2.45, 2.75) is 18.9 Å². The third-order valence-electron chi connectivity index (χ3n) is 4.88. The van der Waals surface area contributed by atoms with Crippen molar-refractivity contribution in [3.05, 3.63) is 54.1 Å². The number of nitrogens with zero attached hydrogens (tertiary/aromatic N) is 3. The van der Waals surface area contributed by atoms with Crippen LogP contribution >= 0.6 is 0 Å². The van der Waals surface area contributed by atoms with E-state index in [-0.39, 0.29) is 17.6 Å². The van der Waals surface area contributed by atoms with E-state index in [2.05, 4.69) is 20.6 Å². The van der Waals surface area contributed by atoms with Crippen molar-refractivity contribution < 1.29 is 19.1 Å². The van der Waals surface area contributed by atoms with Crippen LogP contribution in [0.15, 0.2) is 42.9 Å². The standard InChI is InChI=1S/C20H21N5O4/c1-28-20(27)18-17(12-25(24-18)16-5-7-29-8-6-16)23-19(26)14-4-2-3-13(9-14)15-10-21-22-11-15/h2-4,9-12,16H,5-8H2,1H3,(H,21,22)(H,23,26). The Balaban J connectivity index is 1.59. The number of aromatic amines is 1. The molecule has 29 heavy (non-hydrogen) atoms. The fourth-order valence-corrected chi connectivity index (χ4v) is 3.31. The first-order valence-corrected chi connectivity index (χ1v) is 9.31. The minimum atomic E-state index is -0.599. The predicted octanol–water partition coefficient (Wildman–Crippen LogP) is 2.66. The second kappa shape index (κ2) is 8.27. The molecule has 1 aromatic carbocycles. The maximum Gasteiger partial charge on any atom is 0.360 e.